The van der Waals surface area contributed by atoms with E-state index in [0.717, 1.165) is 29.9 Å². The van der Waals surface area contributed by atoms with E-state index in [9.17, 15) is 4.79 Å². The van der Waals surface area contributed by atoms with Crippen LogP contribution in [-0.4, -0.2) is 16.8 Å². The third-order valence-corrected chi connectivity index (χ3v) is 4.13. The number of unbranched alkanes of at least 4 members (excludes halogenated alkanes) is 1. The summed E-state index contributed by atoms with van der Waals surface area (Å²) in [5, 5.41) is 8.94. The summed E-state index contributed by atoms with van der Waals surface area (Å²) >= 11 is 1.72. The fraction of sp³-hybridized carbons (Fsp3) is 0.235. The van der Waals surface area contributed by atoms with Gasteiger partial charge in [-0.05, 0) is 48.8 Å². The van der Waals surface area contributed by atoms with E-state index in [4.69, 9.17) is 5.11 Å². The molecule has 2 aromatic carbocycles. The Labute approximate surface area is 123 Å². The van der Waals surface area contributed by atoms with Crippen LogP contribution in [0, 0.1) is 0 Å². The van der Waals surface area contributed by atoms with Crippen LogP contribution < -0.4 is 0 Å². The number of hydrogen-bond donors (Lipinski definition) is 1. The number of carboxylic acid groups (broad SMARTS) is 1. The van der Waals surface area contributed by atoms with Gasteiger partial charge in [-0.25, -0.2) is 4.79 Å². The Kier molecular flexibility index (Phi) is 5.69. The van der Waals surface area contributed by atoms with E-state index in [-0.39, 0.29) is 0 Å². The molecule has 0 radical (unpaired) electrons. The Morgan fingerprint density at radius 1 is 1.00 bits per heavy atom. The fourth-order valence-electron chi connectivity index (χ4n) is 1.98. The van der Waals surface area contributed by atoms with Crippen molar-refractivity contribution >= 4 is 17.7 Å². The average Bonchev–Trinajstić information content (AvgIpc) is 2.48. The van der Waals surface area contributed by atoms with Crippen LogP contribution >= 0.6 is 11.8 Å². The van der Waals surface area contributed by atoms with Crippen molar-refractivity contribution in [3.63, 3.8) is 0 Å². The van der Waals surface area contributed by atoms with E-state index in [2.05, 4.69) is 24.3 Å². The predicted molar refractivity (Wildman–Crippen MR) is 83.5 cm³/mol. The molecule has 3 heteroatoms. The van der Waals surface area contributed by atoms with E-state index < -0.39 is 5.97 Å². The third-order valence-electron chi connectivity index (χ3n) is 3.05. The third kappa shape index (κ3) is 4.74. The van der Waals surface area contributed by atoms with Gasteiger partial charge in [0.1, 0.15) is 0 Å². The summed E-state index contributed by atoms with van der Waals surface area (Å²) in [6.07, 6.45) is 3.41. The van der Waals surface area contributed by atoms with Crippen LogP contribution in [0.2, 0.25) is 0 Å². The molecular weight excluding hydrogens is 268 g/mol. The molecule has 104 valence electrons. The molecule has 2 nitrogen and oxygen atoms in total. The number of aromatic carboxylic acids is 1. The van der Waals surface area contributed by atoms with Crippen molar-refractivity contribution in [1.29, 1.82) is 0 Å². The lowest BCUT2D eigenvalue weighted by Gasteiger charge is -2.03. The van der Waals surface area contributed by atoms with E-state index in [1.807, 2.05) is 12.1 Å². The van der Waals surface area contributed by atoms with Crippen molar-refractivity contribution in [3.05, 3.63) is 65.7 Å². The van der Waals surface area contributed by atoms with Crippen molar-refractivity contribution in [2.75, 3.05) is 5.75 Å². The second-order valence-corrected chi connectivity index (χ2v) is 5.79. The molecule has 0 heterocycles. The Morgan fingerprint density at radius 2 is 1.80 bits per heavy atom. The van der Waals surface area contributed by atoms with Gasteiger partial charge in [0.05, 0.1) is 5.56 Å². The lowest BCUT2D eigenvalue weighted by Crippen LogP contribution is -1.95. The molecule has 2 rings (SSSR count). The maximum Gasteiger partial charge on any atom is 0.335 e. The first-order valence-electron chi connectivity index (χ1n) is 6.76. The van der Waals surface area contributed by atoms with Gasteiger partial charge in [-0.2, -0.15) is 0 Å². The number of benzene rings is 2. The van der Waals surface area contributed by atoms with Gasteiger partial charge in [-0.1, -0.05) is 36.4 Å². The molecule has 0 atom stereocenters. The standard InChI is InChI=1S/C17H18O2S/c18-17(19)15-10-6-11-16(13-15)20-12-5-4-9-14-7-2-1-3-8-14/h1-3,6-8,10-11,13H,4-5,9,12H2,(H,18,19). The fourth-order valence-corrected chi connectivity index (χ4v) is 2.95. The van der Waals surface area contributed by atoms with Gasteiger partial charge in [0.25, 0.3) is 0 Å². The van der Waals surface area contributed by atoms with Crippen LogP contribution in [0.25, 0.3) is 0 Å². The van der Waals surface area contributed by atoms with Crippen LogP contribution in [0.3, 0.4) is 0 Å². The molecule has 20 heavy (non-hydrogen) atoms. The number of carboxylic acids is 1. The number of carbonyl (C=O) groups is 1. The zero-order valence-corrected chi connectivity index (χ0v) is 12.1. The monoisotopic (exact) mass is 286 g/mol. The molecule has 0 spiro atoms. The van der Waals surface area contributed by atoms with Crippen LogP contribution in [0.1, 0.15) is 28.8 Å². The molecule has 0 aliphatic carbocycles. The summed E-state index contributed by atoms with van der Waals surface area (Å²) < 4.78 is 0. The largest absolute Gasteiger partial charge is 0.478 e. The second-order valence-electron chi connectivity index (χ2n) is 4.62. The summed E-state index contributed by atoms with van der Waals surface area (Å²) in [5.41, 5.74) is 1.74. The van der Waals surface area contributed by atoms with Crippen molar-refractivity contribution in [2.45, 2.75) is 24.2 Å². The zero-order valence-electron chi connectivity index (χ0n) is 11.3. The normalized spacial score (nSPS) is 10.4. The predicted octanol–water partition coefficient (Wildman–Crippen LogP) is 4.50. The Balaban J connectivity index is 1.71. The van der Waals surface area contributed by atoms with Crippen molar-refractivity contribution in [1.82, 2.24) is 0 Å². The number of rotatable bonds is 7. The highest BCUT2D eigenvalue weighted by Gasteiger charge is 2.03. The van der Waals surface area contributed by atoms with E-state index in [1.54, 1.807) is 30.0 Å². The van der Waals surface area contributed by atoms with Crippen LogP contribution in [-0.2, 0) is 6.42 Å². The molecular formula is C17H18O2S. The van der Waals surface area contributed by atoms with Gasteiger partial charge in [0, 0.05) is 4.90 Å². The molecule has 0 saturated carbocycles. The molecule has 1 N–H and O–H groups in total. The summed E-state index contributed by atoms with van der Waals surface area (Å²) in [5.74, 6) is 0.159. The second kappa shape index (κ2) is 7.75. The molecule has 0 aliphatic heterocycles. The summed E-state index contributed by atoms with van der Waals surface area (Å²) in [4.78, 5) is 11.9. The number of hydrogen-bond acceptors (Lipinski definition) is 2. The summed E-state index contributed by atoms with van der Waals surface area (Å²) in [6.45, 7) is 0. The smallest absolute Gasteiger partial charge is 0.335 e. The lowest BCUT2D eigenvalue weighted by molar-refractivity contribution is 0.0696. The van der Waals surface area contributed by atoms with Crippen molar-refractivity contribution in [3.8, 4) is 0 Å². The lowest BCUT2D eigenvalue weighted by atomic mass is 10.1. The first kappa shape index (κ1) is 14.7. The maximum atomic E-state index is 10.9. The first-order valence-corrected chi connectivity index (χ1v) is 7.74. The van der Waals surface area contributed by atoms with Crippen LogP contribution in [0.15, 0.2) is 59.5 Å². The zero-order chi connectivity index (χ0) is 14.2. The highest BCUT2D eigenvalue weighted by atomic mass is 32.2. The summed E-state index contributed by atoms with van der Waals surface area (Å²) in [7, 11) is 0. The SMILES string of the molecule is O=C(O)c1cccc(SCCCCc2ccccc2)c1. The van der Waals surface area contributed by atoms with Crippen LogP contribution in [0.5, 0.6) is 0 Å². The van der Waals surface area contributed by atoms with E-state index in [1.165, 1.54) is 5.56 Å². The number of thioether (sulfide) groups is 1. The Morgan fingerprint density at radius 3 is 2.55 bits per heavy atom. The minimum absolute atomic E-state index is 0.360. The topological polar surface area (TPSA) is 37.3 Å². The Hall–Kier alpha value is -1.74. The molecule has 0 amide bonds. The average molecular weight is 286 g/mol. The maximum absolute atomic E-state index is 10.9. The molecule has 2 aromatic rings. The molecule has 0 unspecified atom stereocenters. The van der Waals surface area contributed by atoms with Crippen LogP contribution in [0.4, 0.5) is 0 Å². The molecule has 0 saturated heterocycles. The summed E-state index contributed by atoms with van der Waals surface area (Å²) in [6, 6.07) is 17.6. The van der Waals surface area contributed by atoms with E-state index in [0.29, 0.717) is 5.56 Å². The van der Waals surface area contributed by atoms with Gasteiger partial charge in [0.15, 0.2) is 0 Å². The van der Waals surface area contributed by atoms with Gasteiger partial charge in [-0.15, -0.1) is 11.8 Å². The van der Waals surface area contributed by atoms with Crippen molar-refractivity contribution < 1.29 is 9.90 Å². The molecule has 0 fully saturated rings. The first-order chi connectivity index (χ1) is 9.75. The molecule has 0 aromatic heterocycles. The minimum atomic E-state index is -0.864. The Bertz CT molecular complexity index is 552. The molecule has 0 bridgehead atoms. The number of aryl methyl sites for hydroxylation is 1. The minimum Gasteiger partial charge on any atom is -0.478 e. The molecule has 0 aliphatic rings. The van der Waals surface area contributed by atoms with Crippen molar-refractivity contribution in [2.24, 2.45) is 0 Å². The van der Waals surface area contributed by atoms with E-state index >= 15 is 0 Å². The van der Waals surface area contributed by atoms with Gasteiger partial charge >= 0.3 is 5.97 Å². The highest BCUT2D eigenvalue weighted by molar-refractivity contribution is 7.99. The van der Waals surface area contributed by atoms with Gasteiger partial charge in [-0.3, -0.25) is 0 Å². The quantitative estimate of drug-likeness (QED) is 0.601. The van der Waals surface area contributed by atoms with Gasteiger partial charge in [0.2, 0.25) is 0 Å². The van der Waals surface area contributed by atoms with Gasteiger partial charge < -0.3 is 5.11 Å². The highest BCUT2D eigenvalue weighted by Crippen LogP contribution is 2.21.